The van der Waals surface area contributed by atoms with E-state index in [2.05, 4.69) is 9.97 Å². The highest BCUT2D eigenvalue weighted by atomic mass is 19.4. The summed E-state index contributed by atoms with van der Waals surface area (Å²) in [5.74, 6) is -0.447. The number of anilines is 1. The molecule has 1 aliphatic heterocycles. The van der Waals surface area contributed by atoms with Crippen LogP contribution in [0.25, 0.3) is 11.2 Å². The Hall–Kier alpha value is -2.38. The lowest BCUT2D eigenvalue weighted by atomic mass is 10.1. The van der Waals surface area contributed by atoms with E-state index in [1.54, 1.807) is 6.92 Å². The van der Waals surface area contributed by atoms with E-state index in [-0.39, 0.29) is 29.4 Å². The molecule has 3 rings (SSSR count). The first-order chi connectivity index (χ1) is 13.6. The maximum atomic E-state index is 13.0. The molecule has 1 saturated heterocycles. The van der Waals surface area contributed by atoms with Crippen molar-refractivity contribution >= 4 is 17.1 Å². The average molecular weight is 421 g/mol. The van der Waals surface area contributed by atoms with Crippen LogP contribution in [0.4, 0.5) is 19.1 Å². The molecule has 0 amide bonds. The third kappa shape index (κ3) is 4.02. The molecule has 2 aromatic heterocycles. The molecule has 3 heterocycles. The van der Waals surface area contributed by atoms with Crippen molar-refractivity contribution in [2.24, 2.45) is 0 Å². The van der Waals surface area contributed by atoms with Crippen LogP contribution in [-0.4, -0.2) is 60.9 Å². The zero-order chi connectivity index (χ0) is 21.5. The van der Waals surface area contributed by atoms with E-state index in [4.69, 9.17) is 15.2 Å². The van der Waals surface area contributed by atoms with Crippen LogP contribution in [0.2, 0.25) is 0 Å². The molecule has 162 valence electrons. The maximum Gasteiger partial charge on any atom is 0.390 e. The number of alkyl halides is 3. The van der Waals surface area contributed by atoms with Crippen LogP contribution in [0.3, 0.4) is 0 Å². The van der Waals surface area contributed by atoms with Gasteiger partial charge >= 0.3 is 11.9 Å². The summed E-state index contributed by atoms with van der Waals surface area (Å²) in [6, 6.07) is 0. The number of aryl methyl sites for hydroxylation is 1. The van der Waals surface area contributed by atoms with Gasteiger partial charge in [0.2, 0.25) is 11.8 Å². The summed E-state index contributed by atoms with van der Waals surface area (Å²) in [5, 5.41) is 20.4. The molecule has 4 atom stereocenters. The number of nitrogen functional groups attached to an aromatic ring is 1. The standard InChI is InChI=1S/C16H22F3N5O5/c1-3-7(25)9-6-8(26)13(29-9)24-11-10(12(28-2)22-14(20)21-11)23(15(24)27)5-4-16(17,18)19/h7-9,13,25-26H,3-6H2,1-2H3,(H2,20,21,22)/t7-,8+,9-,13+/m0/s1. The van der Waals surface area contributed by atoms with Gasteiger partial charge in [0.1, 0.15) is 6.10 Å². The number of rotatable bonds is 6. The molecule has 4 N–H and O–H groups in total. The predicted octanol–water partition coefficient (Wildman–Crippen LogP) is 0.555. The third-order valence-electron chi connectivity index (χ3n) is 4.82. The number of aliphatic hydroxyl groups excluding tert-OH is 2. The number of hydrogen-bond acceptors (Lipinski definition) is 8. The predicted molar refractivity (Wildman–Crippen MR) is 94.3 cm³/mol. The van der Waals surface area contributed by atoms with Crippen molar-refractivity contribution in [2.75, 3.05) is 12.8 Å². The summed E-state index contributed by atoms with van der Waals surface area (Å²) in [4.78, 5) is 20.8. The van der Waals surface area contributed by atoms with Crippen molar-refractivity contribution in [1.29, 1.82) is 0 Å². The second-order valence-corrected chi connectivity index (χ2v) is 6.78. The molecule has 0 radical (unpaired) electrons. The fourth-order valence-corrected chi connectivity index (χ4v) is 3.40. The summed E-state index contributed by atoms with van der Waals surface area (Å²) in [6.07, 6.45) is -9.46. The number of nitrogens with zero attached hydrogens (tertiary/aromatic N) is 4. The van der Waals surface area contributed by atoms with Gasteiger partial charge in [-0.1, -0.05) is 6.92 Å². The van der Waals surface area contributed by atoms with E-state index < -0.39 is 49.4 Å². The minimum absolute atomic E-state index is 0.0407. The zero-order valence-corrected chi connectivity index (χ0v) is 15.8. The molecule has 10 nitrogen and oxygen atoms in total. The average Bonchev–Trinajstić information content (AvgIpc) is 3.14. The fraction of sp³-hybridized carbons (Fsp3) is 0.688. The van der Waals surface area contributed by atoms with Gasteiger partial charge in [-0.25, -0.2) is 9.36 Å². The Morgan fingerprint density at radius 1 is 1.41 bits per heavy atom. The highest BCUT2D eigenvalue weighted by molar-refractivity contribution is 5.78. The van der Waals surface area contributed by atoms with E-state index in [0.717, 1.165) is 9.13 Å². The lowest BCUT2D eigenvalue weighted by Crippen LogP contribution is -2.33. The number of ether oxygens (including phenoxy) is 2. The minimum atomic E-state index is -4.50. The molecule has 0 aromatic carbocycles. The Bertz CT molecular complexity index is 944. The Kier molecular flexibility index (Phi) is 5.74. The Morgan fingerprint density at radius 2 is 2.10 bits per heavy atom. The Balaban J connectivity index is 2.16. The lowest BCUT2D eigenvalue weighted by Gasteiger charge is -2.18. The van der Waals surface area contributed by atoms with Crippen molar-refractivity contribution in [1.82, 2.24) is 19.1 Å². The smallest absolute Gasteiger partial charge is 0.390 e. The number of aromatic nitrogens is 4. The number of fused-ring (bicyclic) bond motifs is 1. The highest BCUT2D eigenvalue weighted by Crippen LogP contribution is 2.34. The summed E-state index contributed by atoms with van der Waals surface area (Å²) < 4.78 is 50.8. The van der Waals surface area contributed by atoms with Crippen molar-refractivity contribution in [3.63, 3.8) is 0 Å². The first kappa shape index (κ1) is 21.3. The number of halogens is 3. The van der Waals surface area contributed by atoms with Gasteiger partial charge in [0.05, 0.1) is 25.7 Å². The number of hydrogen-bond donors (Lipinski definition) is 3. The van der Waals surface area contributed by atoms with Crippen LogP contribution in [0, 0.1) is 0 Å². The molecular formula is C16H22F3N5O5. The topological polar surface area (TPSA) is 138 Å². The first-order valence-corrected chi connectivity index (χ1v) is 8.98. The van der Waals surface area contributed by atoms with Gasteiger partial charge in [0.15, 0.2) is 17.4 Å². The Morgan fingerprint density at radius 3 is 2.69 bits per heavy atom. The van der Waals surface area contributed by atoms with Crippen LogP contribution >= 0.6 is 0 Å². The van der Waals surface area contributed by atoms with Crippen molar-refractivity contribution in [3.8, 4) is 5.88 Å². The van der Waals surface area contributed by atoms with E-state index in [0.29, 0.717) is 6.42 Å². The molecular weight excluding hydrogens is 399 g/mol. The van der Waals surface area contributed by atoms with Crippen LogP contribution in [0.5, 0.6) is 5.88 Å². The van der Waals surface area contributed by atoms with E-state index in [9.17, 15) is 28.2 Å². The molecule has 0 spiro atoms. The molecule has 13 heteroatoms. The van der Waals surface area contributed by atoms with E-state index >= 15 is 0 Å². The van der Waals surface area contributed by atoms with Crippen molar-refractivity contribution in [3.05, 3.63) is 10.5 Å². The quantitative estimate of drug-likeness (QED) is 0.615. The normalized spacial score (nSPS) is 23.6. The van der Waals surface area contributed by atoms with Gasteiger partial charge in [0.25, 0.3) is 0 Å². The molecule has 29 heavy (non-hydrogen) atoms. The summed E-state index contributed by atoms with van der Waals surface area (Å²) >= 11 is 0. The lowest BCUT2D eigenvalue weighted by molar-refractivity contribution is -0.136. The van der Waals surface area contributed by atoms with Crippen molar-refractivity contribution < 1.29 is 32.9 Å². The second-order valence-electron chi connectivity index (χ2n) is 6.78. The van der Waals surface area contributed by atoms with Gasteiger partial charge in [-0.15, -0.1) is 0 Å². The van der Waals surface area contributed by atoms with Gasteiger partial charge in [-0.2, -0.15) is 23.1 Å². The molecule has 1 fully saturated rings. The molecule has 0 unspecified atom stereocenters. The monoisotopic (exact) mass is 421 g/mol. The summed E-state index contributed by atoms with van der Waals surface area (Å²) in [7, 11) is 1.23. The largest absolute Gasteiger partial charge is 0.479 e. The van der Waals surface area contributed by atoms with Gasteiger partial charge in [-0.3, -0.25) is 4.57 Å². The number of nitrogens with two attached hydrogens (primary N) is 1. The minimum Gasteiger partial charge on any atom is -0.479 e. The van der Waals surface area contributed by atoms with Crippen molar-refractivity contribution in [2.45, 2.75) is 63.4 Å². The van der Waals surface area contributed by atoms with E-state index in [1.807, 2.05) is 0 Å². The third-order valence-corrected chi connectivity index (χ3v) is 4.82. The number of methoxy groups -OCH3 is 1. The summed E-state index contributed by atoms with van der Waals surface area (Å²) in [6.45, 7) is 1.01. The van der Waals surface area contributed by atoms with Crippen LogP contribution in [-0.2, 0) is 11.3 Å². The highest BCUT2D eigenvalue weighted by Gasteiger charge is 2.41. The van der Waals surface area contributed by atoms with Gasteiger partial charge in [-0.05, 0) is 6.42 Å². The molecule has 0 saturated carbocycles. The first-order valence-electron chi connectivity index (χ1n) is 8.98. The van der Waals surface area contributed by atoms with E-state index in [1.165, 1.54) is 7.11 Å². The van der Waals surface area contributed by atoms with Gasteiger partial charge in [0, 0.05) is 13.0 Å². The molecule has 2 aromatic rings. The van der Waals surface area contributed by atoms with Crippen LogP contribution in [0.1, 0.15) is 32.4 Å². The molecule has 1 aliphatic rings. The number of imidazole rings is 1. The van der Waals surface area contributed by atoms with Gasteiger partial charge < -0.3 is 25.4 Å². The van der Waals surface area contributed by atoms with Crippen LogP contribution < -0.4 is 16.2 Å². The van der Waals surface area contributed by atoms with Crippen LogP contribution in [0.15, 0.2) is 4.79 Å². The molecule has 0 bridgehead atoms. The fourth-order valence-electron chi connectivity index (χ4n) is 3.40. The number of aliphatic hydroxyl groups is 2. The Labute approximate surface area is 162 Å². The second kappa shape index (κ2) is 7.80. The zero-order valence-electron chi connectivity index (χ0n) is 15.8. The maximum absolute atomic E-state index is 13.0. The summed E-state index contributed by atoms with van der Waals surface area (Å²) in [5.41, 5.74) is 4.54. The molecule has 0 aliphatic carbocycles. The SMILES string of the molecule is CC[C@H](O)[C@@H]1C[C@@H](O)[C@H](n2c(=O)n(CCC(F)(F)F)c3c(OC)nc(N)nc32)O1.